The van der Waals surface area contributed by atoms with Gasteiger partial charge in [0.05, 0.1) is 12.2 Å². The van der Waals surface area contributed by atoms with Gasteiger partial charge in [0.25, 0.3) is 0 Å². The molecule has 2 fully saturated rings. The van der Waals surface area contributed by atoms with E-state index in [0.29, 0.717) is 6.42 Å². The molecule has 2 saturated heterocycles. The minimum Gasteiger partial charge on any atom is -0.455 e. The van der Waals surface area contributed by atoms with Gasteiger partial charge in [0.2, 0.25) is 0 Å². The standard InChI is InChI=1S/C9H12O3/c1-5-6(2)11-7-3-4-8(10)12-9(5)7/h6-7,9H,1,3-4H2,2H3/t6-,7-,9-/m0/s1. The highest BCUT2D eigenvalue weighted by Crippen LogP contribution is 2.33. The molecule has 3 nitrogen and oxygen atoms in total. The first-order valence-corrected chi connectivity index (χ1v) is 4.22. The van der Waals surface area contributed by atoms with Crippen molar-refractivity contribution in [1.82, 2.24) is 0 Å². The van der Waals surface area contributed by atoms with Gasteiger partial charge in [0.15, 0.2) is 6.10 Å². The van der Waals surface area contributed by atoms with Crippen molar-refractivity contribution in [3.8, 4) is 0 Å². The maximum Gasteiger partial charge on any atom is 0.306 e. The first kappa shape index (κ1) is 7.80. The van der Waals surface area contributed by atoms with E-state index < -0.39 is 0 Å². The fraction of sp³-hybridized carbons (Fsp3) is 0.667. The van der Waals surface area contributed by atoms with E-state index in [0.717, 1.165) is 12.0 Å². The Kier molecular flexibility index (Phi) is 1.68. The lowest BCUT2D eigenvalue weighted by molar-refractivity contribution is -0.157. The smallest absolute Gasteiger partial charge is 0.306 e. The van der Waals surface area contributed by atoms with Crippen LogP contribution >= 0.6 is 0 Å². The van der Waals surface area contributed by atoms with Crippen molar-refractivity contribution in [2.75, 3.05) is 0 Å². The topological polar surface area (TPSA) is 35.5 Å². The number of esters is 1. The van der Waals surface area contributed by atoms with Gasteiger partial charge in [-0.25, -0.2) is 0 Å². The molecule has 0 bridgehead atoms. The van der Waals surface area contributed by atoms with Gasteiger partial charge in [0.1, 0.15) is 0 Å². The summed E-state index contributed by atoms with van der Waals surface area (Å²) in [7, 11) is 0. The molecule has 3 heteroatoms. The summed E-state index contributed by atoms with van der Waals surface area (Å²) in [5.74, 6) is -0.130. The third-order valence-corrected chi connectivity index (χ3v) is 2.50. The van der Waals surface area contributed by atoms with Crippen LogP contribution in [0.15, 0.2) is 12.2 Å². The summed E-state index contributed by atoms with van der Waals surface area (Å²) in [4.78, 5) is 10.9. The lowest BCUT2D eigenvalue weighted by Crippen LogP contribution is -2.33. The van der Waals surface area contributed by atoms with Crippen LogP contribution in [-0.2, 0) is 14.3 Å². The minimum atomic E-state index is -0.179. The number of ether oxygens (including phenoxy) is 2. The SMILES string of the molecule is C=C1[C@H](C)O[C@H]2CCC(=O)O[C@@H]12. The molecule has 0 aliphatic carbocycles. The summed E-state index contributed by atoms with van der Waals surface area (Å²) in [5, 5.41) is 0. The minimum absolute atomic E-state index is 0.0332. The van der Waals surface area contributed by atoms with E-state index in [9.17, 15) is 4.79 Å². The molecule has 0 amide bonds. The summed E-state index contributed by atoms with van der Waals surface area (Å²) in [5.41, 5.74) is 0.896. The number of hydrogen-bond acceptors (Lipinski definition) is 3. The third-order valence-electron chi connectivity index (χ3n) is 2.50. The van der Waals surface area contributed by atoms with Gasteiger partial charge in [-0.1, -0.05) is 6.58 Å². The molecule has 2 aliphatic rings. The van der Waals surface area contributed by atoms with Gasteiger partial charge in [-0.3, -0.25) is 4.79 Å². The molecule has 0 aromatic rings. The van der Waals surface area contributed by atoms with E-state index >= 15 is 0 Å². The Morgan fingerprint density at radius 2 is 2.33 bits per heavy atom. The molecule has 0 radical (unpaired) electrons. The van der Waals surface area contributed by atoms with Crippen molar-refractivity contribution < 1.29 is 14.3 Å². The van der Waals surface area contributed by atoms with Crippen LogP contribution in [-0.4, -0.2) is 24.3 Å². The fourth-order valence-electron chi connectivity index (χ4n) is 1.72. The Balaban J connectivity index is 2.15. The molecule has 2 aliphatic heterocycles. The Morgan fingerprint density at radius 3 is 3.08 bits per heavy atom. The van der Waals surface area contributed by atoms with Gasteiger partial charge in [0, 0.05) is 6.42 Å². The Morgan fingerprint density at radius 1 is 1.58 bits per heavy atom. The highest BCUT2D eigenvalue weighted by atomic mass is 16.6. The van der Waals surface area contributed by atoms with Crippen LogP contribution in [0.5, 0.6) is 0 Å². The van der Waals surface area contributed by atoms with Crippen LogP contribution in [0.4, 0.5) is 0 Å². The average molecular weight is 168 g/mol. The van der Waals surface area contributed by atoms with Crippen molar-refractivity contribution in [2.24, 2.45) is 0 Å². The second-order valence-electron chi connectivity index (χ2n) is 3.34. The summed E-state index contributed by atoms with van der Waals surface area (Å²) in [6.45, 7) is 5.79. The summed E-state index contributed by atoms with van der Waals surface area (Å²) < 4.78 is 10.7. The number of rotatable bonds is 0. The predicted octanol–water partition coefficient (Wildman–Crippen LogP) is 1.04. The molecule has 0 spiro atoms. The van der Waals surface area contributed by atoms with E-state index in [4.69, 9.17) is 9.47 Å². The first-order valence-electron chi connectivity index (χ1n) is 4.22. The van der Waals surface area contributed by atoms with Crippen molar-refractivity contribution in [2.45, 2.75) is 38.1 Å². The van der Waals surface area contributed by atoms with Gasteiger partial charge >= 0.3 is 5.97 Å². The maximum absolute atomic E-state index is 10.9. The number of carbonyl (C=O) groups excluding carboxylic acids is 1. The van der Waals surface area contributed by atoms with Crippen molar-refractivity contribution in [1.29, 1.82) is 0 Å². The Hall–Kier alpha value is -0.830. The van der Waals surface area contributed by atoms with E-state index in [-0.39, 0.29) is 24.3 Å². The number of carbonyl (C=O) groups is 1. The summed E-state index contributed by atoms with van der Waals surface area (Å²) >= 11 is 0. The quantitative estimate of drug-likeness (QED) is 0.400. The van der Waals surface area contributed by atoms with Crippen LogP contribution in [0.3, 0.4) is 0 Å². The van der Waals surface area contributed by atoms with Crippen LogP contribution in [0.1, 0.15) is 19.8 Å². The zero-order chi connectivity index (χ0) is 8.72. The monoisotopic (exact) mass is 168 g/mol. The summed E-state index contributed by atoms with van der Waals surface area (Å²) in [6.07, 6.45) is 1.16. The molecule has 0 aromatic carbocycles. The fourth-order valence-corrected chi connectivity index (χ4v) is 1.72. The predicted molar refractivity (Wildman–Crippen MR) is 42.6 cm³/mol. The van der Waals surface area contributed by atoms with Crippen molar-refractivity contribution in [3.05, 3.63) is 12.2 Å². The molecule has 0 saturated carbocycles. The molecule has 66 valence electrons. The Bertz CT molecular complexity index is 234. The highest BCUT2D eigenvalue weighted by Gasteiger charge is 2.41. The zero-order valence-corrected chi connectivity index (χ0v) is 7.08. The van der Waals surface area contributed by atoms with E-state index in [1.54, 1.807) is 0 Å². The van der Waals surface area contributed by atoms with E-state index in [1.807, 2.05) is 6.92 Å². The first-order chi connectivity index (χ1) is 5.68. The lowest BCUT2D eigenvalue weighted by Gasteiger charge is -2.23. The highest BCUT2D eigenvalue weighted by molar-refractivity contribution is 5.71. The molecule has 0 aromatic heterocycles. The molecule has 2 rings (SSSR count). The lowest BCUT2D eigenvalue weighted by atomic mass is 10.0. The molecule has 3 atom stereocenters. The van der Waals surface area contributed by atoms with Gasteiger partial charge < -0.3 is 9.47 Å². The number of hydrogen-bond donors (Lipinski definition) is 0. The van der Waals surface area contributed by atoms with E-state index in [2.05, 4.69) is 6.58 Å². The average Bonchev–Trinajstić information content (AvgIpc) is 2.31. The van der Waals surface area contributed by atoms with Gasteiger partial charge in [-0.15, -0.1) is 0 Å². The van der Waals surface area contributed by atoms with Crippen LogP contribution in [0.2, 0.25) is 0 Å². The van der Waals surface area contributed by atoms with Crippen LogP contribution in [0.25, 0.3) is 0 Å². The largest absolute Gasteiger partial charge is 0.455 e. The second-order valence-corrected chi connectivity index (χ2v) is 3.34. The normalized spacial score (nSPS) is 40.9. The molecule has 0 unspecified atom stereocenters. The maximum atomic E-state index is 10.9. The van der Waals surface area contributed by atoms with Crippen LogP contribution < -0.4 is 0 Å². The summed E-state index contributed by atoms with van der Waals surface area (Å²) in [6, 6.07) is 0. The Labute approximate surface area is 71.3 Å². The van der Waals surface area contributed by atoms with Gasteiger partial charge in [-0.05, 0) is 18.9 Å². The second kappa shape index (κ2) is 2.59. The molecule has 12 heavy (non-hydrogen) atoms. The molecular weight excluding hydrogens is 156 g/mol. The molecule has 2 heterocycles. The molecular formula is C9H12O3. The molecule has 0 N–H and O–H groups in total. The third kappa shape index (κ3) is 1.05. The van der Waals surface area contributed by atoms with E-state index in [1.165, 1.54) is 0 Å². The number of fused-ring (bicyclic) bond motifs is 1. The van der Waals surface area contributed by atoms with Crippen molar-refractivity contribution >= 4 is 5.97 Å². The van der Waals surface area contributed by atoms with Gasteiger partial charge in [-0.2, -0.15) is 0 Å². The van der Waals surface area contributed by atoms with Crippen LogP contribution in [0, 0.1) is 0 Å². The van der Waals surface area contributed by atoms with Crippen molar-refractivity contribution in [3.63, 3.8) is 0 Å². The zero-order valence-electron chi connectivity index (χ0n) is 7.08.